The van der Waals surface area contributed by atoms with Gasteiger partial charge in [-0.15, -0.1) is 0 Å². The Kier molecular flexibility index (Phi) is 5.76. The van der Waals surface area contributed by atoms with E-state index in [4.69, 9.17) is 14.2 Å². The molecular weight excluding hydrogens is 364 g/mol. The third kappa shape index (κ3) is 4.32. The molecule has 5 nitrogen and oxygen atoms in total. The van der Waals surface area contributed by atoms with Crippen LogP contribution in [0.3, 0.4) is 0 Å². The van der Waals surface area contributed by atoms with Gasteiger partial charge in [0.2, 0.25) is 0 Å². The first-order valence-corrected chi connectivity index (χ1v) is 7.67. The number of methoxy groups -OCH3 is 1. The zero-order valence-electron chi connectivity index (χ0n) is 12.7. The van der Waals surface area contributed by atoms with Crippen LogP contribution < -0.4 is 9.47 Å². The monoisotopic (exact) mass is 378 g/mol. The minimum atomic E-state index is -0.514. The maximum absolute atomic E-state index is 12.1. The van der Waals surface area contributed by atoms with E-state index in [2.05, 4.69) is 15.9 Å². The van der Waals surface area contributed by atoms with Gasteiger partial charge in [-0.25, -0.2) is 9.59 Å². The zero-order valence-corrected chi connectivity index (χ0v) is 14.3. The van der Waals surface area contributed by atoms with Crippen LogP contribution in [0.15, 0.2) is 46.9 Å². The largest absolute Gasteiger partial charge is 0.493 e. The topological polar surface area (TPSA) is 61.8 Å². The second-order valence-electron chi connectivity index (χ2n) is 4.48. The quantitative estimate of drug-likeness (QED) is 0.583. The highest BCUT2D eigenvalue weighted by atomic mass is 79.9. The van der Waals surface area contributed by atoms with Crippen molar-refractivity contribution in [2.45, 2.75) is 6.92 Å². The number of carbonyl (C=O) groups excluding carboxylic acids is 2. The summed E-state index contributed by atoms with van der Waals surface area (Å²) in [6.45, 7) is 2.00. The summed E-state index contributed by atoms with van der Waals surface area (Å²) in [5, 5.41) is 0. The molecule has 23 heavy (non-hydrogen) atoms. The number of rotatable bonds is 5. The second kappa shape index (κ2) is 7.78. The molecule has 120 valence electrons. The van der Waals surface area contributed by atoms with Crippen LogP contribution in [0.4, 0.5) is 0 Å². The van der Waals surface area contributed by atoms with Crippen molar-refractivity contribution < 1.29 is 23.8 Å². The smallest absolute Gasteiger partial charge is 0.343 e. The van der Waals surface area contributed by atoms with Gasteiger partial charge < -0.3 is 14.2 Å². The van der Waals surface area contributed by atoms with Gasteiger partial charge in [0.15, 0.2) is 11.5 Å². The maximum atomic E-state index is 12.1. The summed E-state index contributed by atoms with van der Waals surface area (Å²) in [5.41, 5.74) is 0.733. The fourth-order valence-corrected chi connectivity index (χ4v) is 2.10. The first-order valence-electron chi connectivity index (χ1n) is 6.88. The summed E-state index contributed by atoms with van der Waals surface area (Å²) in [6.07, 6.45) is 0. The van der Waals surface area contributed by atoms with E-state index in [-0.39, 0.29) is 18.1 Å². The van der Waals surface area contributed by atoms with Crippen molar-refractivity contribution in [3.63, 3.8) is 0 Å². The molecule has 0 aliphatic carbocycles. The standard InChI is InChI=1S/C17H15BrO5/c1-3-22-16(19)12-6-9-14(15(10-12)21-2)23-17(20)11-4-7-13(18)8-5-11/h4-10H,3H2,1-2H3. The third-order valence-corrected chi connectivity index (χ3v) is 3.49. The SMILES string of the molecule is CCOC(=O)c1ccc(OC(=O)c2ccc(Br)cc2)c(OC)c1. The molecular formula is C17H15BrO5. The molecule has 0 saturated carbocycles. The molecule has 0 heterocycles. The Bertz CT molecular complexity index is 709. The number of halogens is 1. The van der Waals surface area contributed by atoms with Crippen LogP contribution in [0.5, 0.6) is 11.5 Å². The van der Waals surface area contributed by atoms with Gasteiger partial charge in [-0.1, -0.05) is 15.9 Å². The van der Waals surface area contributed by atoms with Gasteiger partial charge >= 0.3 is 11.9 Å². The van der Waals surface area contributed by atoms with Crippen molar-refractivity contribution in [3.05, 3.63) is 58.1 Å². The molecule has 0 aliphatic heterocycles. The highest BCUT2D eigenvalue weighted by molar-refractivity contribution is 9.10. The van der Waals surface area contributed by atoms with Crippen molar-refractivity contribution in [2.75, 3.05) is 13.7 Å². The van der Waals surface area contributed by atoms with Gasteiger partial charge in [0.25, 0.3) is 0 Å². The lowest BCUT2D eigenvalue weighted by atomic mass is 10.2. The predicted octanol–water partition coefficient (Wildman–Crippen LogP) is 3.85. The van der Waals surface area contributed by atoms with Crippen molar-refractivity contribution in [1.29, 1.82) is 0 Å². The summed E-state index contributed by atoms with van der Waals surface area (Å²) in [4.78, 5) is 23.8. The minimum absolute atomic E-state index is 0.230. The lowest BCUT2D eigenvalue weighted by molar-refractivity contribution is 0.0526. The predicted molar refractivity (Wildman–Crippen MR) is 88.1 cm³/mol. The van der Waals surface area contributed by atoms with Crippen LogP contribution in [0, 0.1) is 0 Å². The molecule has 2 aromatic carbocycles. The molecule has 0 N–H and O–H groups in total. The second-order valence-corrected chi connectivity index (χ2v) is 5.40. The highest BCUT2D eigenvalue weighted by Crippen LogP contribution is 2.29. The molecule has 0 fully saturated rings. The molecule has 2 aromatic rings. The Morgan fingerprint density at radius 1 is 0.957 bits per heavy atom. The van der Waals surface area contributed by atoms with E-state index >= 15 is 0 Å². The molecule has 0 aromatic heterocycles. The van der Waals surface area contributed by atoms with Crippen LogP contribution in [-0.2, 0) is 4.74 Å². The molecule has 0 bridgehead atoms. The van der Waals surface area contributed by atoms with Gasteiger partial charge in [0.05, 0.1) is 24.8 Å². The van der Waals surface area contributed by atoms with Crippen LogP contribution in [0.1, 0.15) is 27.6 Å². The maximum Gasteiger partial charge on any atom is 0.343 e. The molecule has 0 unspecified atom stereocenters. The first-order chi connectivity index (χ1) is 11.0. The van der Waals surface area contributed by atoms with E-state index in [1.165, 1.54) is 25.3 Å². The number of esters is 2. The fourth-order valence-electron chi connectivity index (χ4n) is 1.84. The van der Waals surface area contributed by atoms with Crippen LogP contribution in [0.2, 0.25) is 0 Å². The number of carbonyl (C=O) groups is 2. The molecule has 2 rings (SSSR count). The van der Waals surface area contributed by atoms with E-state index in [1.807, 2.05) is 0 Å². The van der Waals surface area contributed by atoms with Crippen molar-refractivity contribution in [1.82, 2.24) is 0 Å². The summed E-state index contributed by atoms with van der Waals surface area (Å²) in [7, 11) is 1.43. The average Bonchev–Trinajstić information content (AvgIpc) is 2.56. The lowest BCUT2D eigenvalue weighted by Crippen LogP contribution is -2.10. The van der Waals surface area contributed by atoms with E-state index < -0.39 is 11.9 Å². The zero-order chi connectivity index (χ0) is 16.8. The number of ether oxygens (including phenoxy) is 3. The molecule has 0 radical (unpaired) electrons. The number of hydrogen-bond acceptors (Lipinski definition) is 5. The fraction of sp³-hybridized carbons (Fsp3) is 0.176. The van der Waals surface area contributed by atoms with Gasteiger partial charge in [-0.2, -0.15) is 0 Å². The summed E-state index contributed by atoms with van der Waals surface area (Å²) >= 11 is 3.30. The van der Waals surface area contributed by atoms with E-state index in [0.717, 1.165) is 4.47 Å². The molecule has 0 aliphatic rings. The van der Waals surface area contributed by atoms with Crippen molar-refractivity contribution >= 4 is 27.9 Å². The number of benzene rings is 2. The molecule has 0 saturated heterocycles. The molecule has 0 atom stereocenters. The van der Waals surface area contributed by atoms with Crippen molar-refractivity contribution in [2.24, 2.45) is 0 Å². The summed E-state index contributed by atoms with van der Waals surface area (Å²) in [5.74, 6) is -0.467. The third-order valence-electron chi connectivity index (χ3n) is 2.96. The van der Waals surface area contributed by atoms with Crippen molar-refractivity contribution in [3.8, 4) is 11.5 Å². The summed E-state index contributed by atoms with van der Waals surface area (Å²) < 4.78 is 16.3. The van der Waals surface area contributed by atoms with Gasteiger partial charge in [0.1, 0.15) is 0 Å². The van der Waals surface area contributed by atoms with Crippen LogP contribution in [0.25, 0.3) is 0 Å². The van der Waals surface area contributed by atoms with Gasteiger partial charge in [-0.3, -0.25) is 0 Å². The average molecular weight is 379 g/mol. The van der Waals surface area contributed by atoms with Gasteiger partial charge in [0, 0.05) is 4.47 Å². The summed E-state index contributed by atoms with van der Waals surface area (Å²) in [6, 6.07) is 11.3. The normalized spacial score (nSPS) is 10.0. The van der Waals surface area contributed by atoms with E-state index in [0.29, 0.717) is 11.1 Å². The molecule has 0 spiro atoms. The highest BCUT2D eigenvalue weighted by Gasteiger charge is 2.15. The number of hydrogen-bond donors (Lipinski definition) is 0. The van der Waals surface area contributed by atoms with Crippen LogP contribution >= 0.6 is 15.9 Å². The van der Waals surface area contributed by atoms with Gasteiger partial charge in [-0.05, 0) is 49.4 Å². The van der Waals surface area contributed by atoms with E-state index in [9.17, 15) is 9.59 Å². The Morgan fingerprint density at radius 3 is 2.22 bits per heavy atom. The first kappa shape index (κ1) is 17.0. The lowest BCUT2D eigenvalue weighted by Gasteiger charge is -2.11. The minimum Gasteiger partial charge on any atom is -0.493 e. The Balaban J connectivity index is 2.20. The Labute approximate surface area is 142 Å². The van der Waals surface area contributed by atoms with Crippen LogP contribution in [-0.4, -0.2) is 25.7 Å². The molecule has 0 amide bonds. The Hall–Kier alpha value is -2.34. The Morgan fingerprint density at radius 2 is 1.61 bits per heavy atom. The van der Waals surface area contributed by atoms with E-state index in [1.54, 1.807) is 31.2 Å². The molecule has 6 heteroatoms.